The Kier molecular flexibility index (Phi) is 4.34. The molecule has 3 N–H and O–H groups in total. The first kappa shape index (κ1) is 14.9. The predicted molar refractivity (Wildman–Crippen MR) is 63.4 cm³/mol. The van der Waals surface area contributed by atoms with Crippen molar-refractivity contribution >= 4 is 0 Å². The van der Waals surface area contributed by atoms with E-state index in [1.54, 1.807) is 0 Å². The number of pyridine rings is 1. The van der Waals surface area contributed by atoms with E-state index in [1.165, 1.54) is 6.20 Å². The lowest BCUT2D eigenvalue weighted by Gasteiger charge is -2.34. The fraction of sp³-hybridized carbons (Fsp3) is 0.583. The third-order valence-corrected chi connectivity index (χ3v) is 3.33. The zero-order valence-electron chi connectivity index (χ0n) is 10.7. The molecule has 0 aliphatic carbocycles. The lowest BCUT2D eigenvalue weighted by Crippen LogP contribution is -2.39. The molecule has 0 aliphatic rings. The van der Waals surface area contributed by atoms with Crippen molar-refractivity contribution in [3.8, 4) is 0 Å². The number of hydrazine groups is 1. The van der Waals surface area contributed by atoms with E-state index in [2.05, 4.69) is 10.4 Å². The van der Waals surface area contributed by atoms with Crippen LogP contribution in [-0.2, 0) is 6.18 Å². The van der Waals surface area contributed by atoms with Crippen LogP contribution < -0.4 is 11.3 Å². The van der Waals surface area contributed by atoms with Gasteiger partial charge in [0.05, 0.1) is 11.6 Å². The highest BCUT2D eigenvalue weighted by atomic mass is 19.4. The van der Waals surface area contributed by atoms with Crippen LogP contribution in [0.3, 0.4) is 0 Å². The number of aromatic nitrogens is 1. The summed E-state index contributed by atoms with van der Waals surface area (Å²) in [5.41, 5.74) is 1.47. The van der Waals surface area contributed by atoms with E-state index < -0.39 is 23.2 Å². The maximum absolute atomic E-state index is 12.9. The number of rotatable bonds is 4. The molecule has 0 fully saturated rings. The maximum atomic E-state index is 12.9. The van der Waals surface area contributed by atoms with Crippen molar-refractivity contribution in [1.29, 1.82) is 0 Å². The average molecular weight is 261 g/mol. The summed E-state index contributed by atoms with van der Waals surface area (Å²) < 4.78 is 38.8. The molecule has 1 aromatic rings. The molecule has 1 aromatic heterocycles. The number of hydrogen-bond donors (Lipinski definition) is 2. The third-order valence-electron chi connectivity index (χ3n) is 3.33. The fourth-order valence-electron chi connectivity index (χ4n) is 1.84. The van der Waals surface area contributed by atoms with Crippen LogP contribution in [0.1, 0.15) is 44.4 Å². The number of nitrogens with one attached hydrogen (secondary N) is 1. The third kappa shape index (κ3) is 3.00. The van der Waals surface area contributed by atoms with E-state index in [1.807, 2.05) is 20.8 Å². The first-order valence-corrected chi connectivity index (χ1v) is 5.71. The van der Waals surface area contributed by atoms with Gasteiger partial charge in [0.1, 0.15) is 0 Å². The van der Waals surface area contributed by atoms with Crippen LogP contribution in [0.4, 0.5) is 13.2 Å². The van der Waals surface area contributed by atoms with Crippen LogP contribution in [0.2, 0.25) is 0 Å². The van der Waals surface area contributed by atoms with Gasteiger partial charge in [-0.15, -0.1) is 0 Å². The first-order chi connectivity index (χ1) is 8.24. The molecule has 1 heterocycles. The molecule has 1 atom stereocenters. The molecule has 0 saturated heterocycles. The molecule has 0 spiro atoms. The van der Waals surface area contributed by atoms with Crippen LogP contribution >= 0.6 is 0 Å². The molecule has 0 bridgehead atoms. The van der Waals surface area contributed by atoms with Crippen LogP contribution in [0, 0.1) is 5.41 Å². The van der Waals surface area contributed by atoms with Crippen LogP contribution in [-0.4, -0.2) is 4.98 Å². The molecule has 0 aliphatic heterocycles. The SMILES string of the molecule is CCC(C)(C)C(NN)c1cnccc1C(F)(F)F. The molecular weight excluding hydrogens is 243 g/mol. The zero-order chi connectivity index (χ0) is 14.0. The Morgan fingerprint density at radius 2 is 2.00 bits per heavy atom. The highest BCUT2D eigenvalue weighted by Crippen LogP contribution is 2.41. The second-order valence-corrected chi connectivity index (χ2v) is 4.90. The molecule has 1 rings (SSSR count). The second-order valence-electron chi connectivity index (χ2n) is 4.90. The number of alkyl halides is 3. The lowest BCUT2D eigenvalue weighted by atomic mass is 9.78. The van der Waals surface area contributed by atoms with Crippen molar-refractivity contribution in [2.24, 2.45) is 11.3 Å². The highest BCUT2D eigenvalue weighted by molar-refractivity contribution is 5.30. The van der Waals surface area contributed by atoms with Gasteiger partial charge in [-0.25, -0.2) is 0 Å². The maximum Gasteiger partial charge on any atom is 0.416 e. The summed E-state index contributed by atoms with van der Waals surface area (Å²) in [6, 6.07) is 0.374. The summed E-state index contributed by atoms with van der Waals surface area (Å²) in [6.45, 7) is 5.64. The normalized spacial score (nSPS) is 14.6. The minimum absolute atomic E-state index is 0.0827. The highest BCUT2D eigenvalue weighted by Gasteiger charge is 2.38. The Bertz CT molecular complexity index is 402. The largest absolute Gasteiger partial charge is 0.416 e. The second kappa shape index (κ2) is 5.24. The Hall–Kier alpha value is -1.14. The molecule has 0 amide bonds. The molecular formula is C12H18F3N3. The van der Waals surface area contributed by atoms with Gasteiger partial charge in [-0.1, -0.05) is 20.8 Å². The average Bonchev–Trinajstić information content (AvgIpc) is 2.29. The number of hydrogen-bond acceptors (Lipinski definition) is 3. The first-order valence-electron chi connectivity index (χ1n) is 5.71. The van der Waals surface area contributed by atoms with E-state index in [0.717, 1.165) is 12.3 Å². The van der Waals surface area contributed by atoms with Gasteiger partial charge in [-0.2, -0.15) is 13.2 Å². The Morgan fingerprint density at radius 3 is 2.44 bits per heavy atom. The minimum Gasteiger partial charge on any atom is -0.271 e. The van der Waals surface area contributed by atoms with Crippen LogP contribution in [0.5, 0.6) is 0 Å². The summed E-state index contributed by atoms with van der Waals surface area (Å²) in [5.74, 6) is 5.43. The summed E-state index contributed by atoms with van der Waals surface area (Å²) >= 11 is 0. The molecule has 0 radical (unpaired) electrons. The standard InChI is InChI=1S/C12H18F3N3/c1-4-11(2,3)10(18-16)8-7-17-6-5-9(8)12(13,14)15/h5-7,10,18H,4,16H2,1-3H3. The van der Waals surface area contributed by atoms with E-state index in [4.69, 9.17) is 5.84 Å². The van der Waals surface area contributed by atoms with E-state index in [9.17, 15) is 13.2 Å². The molecule has 1 unspecified atom stereocenters. The van der Waals surface area contributed by atoms with Gasteiger partial charge in [-0.3, -0.25) is 16.3 Å². The van der Waals surface area contributed by atoms with Gasteiger partial charge >= 0.3 is 6.18 Å². The summed E-state index contributed by atoms with van der Waals surface area (Å²) in [4.78, 5) is 3.78. The van der Waals surface area contributed by atoms with E-state index in [-0.39, 0.29) is 5.56 Å². The molecule has 0 aromatic carbocycles. The quantitative estimate of drug-likeness (QED) is 0.647. The van der Waals surface area contributed by atoms with Gasteiger partial charge in [0.2, 0.25) is 0 Å². The molecule has 6 heteroatoms. The summed E-state index contributed by atoms with van der Waals surface area (Å²) in [6.07, 6.45) is -1.35. The van der Waals surface area contributed by atoms with E-state index >= 15 is 0 Å². The molecule has 3 nitrogen and oxygen atoms in total. The van der Waals surface area contributed by atoms with Gasteiger partial charge in [0.25, 0.3) is 0 Å². The fourth-order valence-corrected chi connectivity index (χ4v) is 1.84. The molecule has 0 saturated carbocycles. The van der Waals surface area contributed by atoms with Crippen molar-refractivity contribution in [3.05, 3.63) is 29.6 Å². The number of nitrogens with zero attached hydrogens (tertiary/aromatic N) is 1. The summed E-state index contributed by atoms with van der Waals surface area (Å²) in [5, 5.41) is 0. The van der Waals surface area contributed by atoms with Crippen molar-refractivity contribution < 1.29 is 13.2 Å². The van der Waals surface area contributed by atoms with E-state index in [0.29, 0.717) is 6.42 Å². The minimum atomic E-state index is -4.41. The summed E-state index contributed by atoms with van der Waals surface area (Å²) in [7, 11) is 0. The Morgan fingerprint density at radius 1 is 1.39 bits per heavy atom. The van der Waals surface area contributed by atoms with Crippen molar-refractivity contribution in [2.75, 3.05) is 0 Å². The van der Waals surface area contributed by atoms with Crippen LogP contribution in [0.15, 0.2) is 18.5 Å². The van der Waals surface area contributed by atoms with Gasteiger partial charge in [-0.05, 0) is 17.9 Å². The van der Waals surface area contributed by atoms with Gasteiger partial charge in [0, 0.05) is 18.0 Å². The number of halogens is 3. The van der Waals surface area contributed by atoms with Crippen LogP contribution in [0.25, 0.3) is 0 Å². The van der Waals surface area contributed by atoms with Gasteiger partial charge in [0.15, 0.2) is 0 Å². The topological polar surface area (TPSA) is 50.9 Å². The molecule has 102 valence electrons. The van der Waals surface area contributed by atoms with Crippen molar-refractivity contribution in [3.63, 3.8) is 0 Å². The molecule has 18 heavy (non-hydrogen) atoms. The lowest BCUT2D eigenvalue weighted by molar-refractivity contribution is -0.138. The zero-order valence-corrected chi connectivity index (χ0v) is 10.7. The monoisotopic (exact) mass is 261 g/mol. The van der Waals surface area contributed by atoms with Crippen molar-refractivity contribution in [2.45, 2.75) is 39.4 Å². The van der Waals surface area contributed by atoms with Crippen molar-refractivity contribution in [1.82, 2.24) is 10.4 Å². The number of nitrogens with two attached hydrogens (primary N) is 1. The van der Waals surface area contributed by atoms with Gasteiger partial charge < -0.3 is 0 Å². The smallest absolute Gasteiger partial charge is 0.271 e. The predicted octanol–water partition coefficient (Wildman–Crippen LogP) is 3.04. The Labute approximate surface area is 105 Å². The Balaban J connectivity index is 3.31.